The maximum atomic E-state index is 12.7. The Morgan fingerprint density at radius 1 is 1.11 bits per heavy atom. The van der Waals surface area contributed by atoms with E-state index in [1.165, 1.54) is 12.1 Å². The molecule has 3 aromatic rings. The van der Waals surface area contributed by atoms with Crippen LogP contribution in [0.4, 0.5) is 13.2 Å². The summed E-state index contributed by atoms with van der Waals surface area (Å²) in [5.74, 6) is 0.379. The third-order valence-corrected chi connectivity index (χ3v) is 5.22. The van der Waals surface area contributed by atoms with Crippen molar-refractivity contribution in [2.45, 2.75) is 45.6 Å². The number of halogens is 4. The number of ether oxygens (including phenoxy) is 2. The number of carbonyl (C=O) groups excluding carboxylic acids is 1. The van der Waals surface area contributed by atoms with Gasteiger partial charge in [-0.3, -0.25) is 4.90 Å². The minimum absolute atomic E-state index is 0.205. The van der Waals surface area contributed by atoms with E-state index in [9.17, 15) is 18.0 Å². The predicted octanol–water partition coefficient (Wildman–Crippen LogP) is 5.76. The predicted molar refractivity (Wildman–Crippen MR) is 123 cm³/mol. The van der Waals surface area contributed by atoms with Crippen LogP contribution in [0.1, 0.15) is 37.8 Å². The summed E-state index contributed by atoms with van der Waals surface area (Å²) < 4.78 is 54.2. The van der Waals surface area contributed by atoms with Crippen LogP contribution in [0.15, 0.2) is 47.0 Å². The van der Waals surface area contributed by atoms with Gasteiger partial charge in [0.25, 0.3) is 0 Å². The molecule has 2 aromatic carbocycles. The number of hydrogen-bond acceptors (Lipinski definition) is 7. The van der Waals surface area contributed by atoms with Gasteiger partial charge in [-0.15, -0.1) is 0 Å². The van der Waals surface area contributed by atoms with Crippen molar-refractivity contribution in [1.29, 1.82) is 0 Å². The fourth-order valence-electron chi connectivity index (χ4n) is 3.19. The zero-order valence-corrected chi connectivity index (χ0v) is 20.4. The second-order valence-electron chi connectivity index (χ2n) is 8.36. The van der Waals surface area contributed by atoms with Crippen molar-refractivity contribution in [2.75, 3.05) is 13.7 Å². The highest BCUT2D eigenvalue weighted by molar-refractivity contribution is 6.32. The van der Waals surface area contributed by atoms with Crippen LogP contribution in [0.25, 0.3) is 11.4 Å². The first-order chi connectivity index (χ1) is 16.4. The average Bonchev–Trinajstić information content (AvgIpc) is 3.23. The van der Waals surface area contributed by atoms with E-state index in [0.29, 0.717) is 35.3 Å². The minimum atomic E-state index is -4.41. The Bertz CT molecular complexity index is 1160. The van der Waals surface area contributed by atoms with Crippen LogP contribution in [0, 0.1) is 0 Å². The molecule has 1 heterocycles. The van der Waals surface area contributed by atoms with Crippen LogP contribution in [0.5, 0.6) is 5.75 Å². The van der Waals surface area contributed by atoms with Gasteiger partial charge < -0.3 is 14.0 Å². The lowest BCUT2D eigenvalue weighted by molar-refractivity contribution is -0.158. The van der Waals surface area contributed by atoms with Crippen molar-refractivity contribution >= 4 is 17.6 Å². The summed E-state index contributed by atoms with van der Waals surface area (Å²) in [5.41, 5.74) is -0.644. The second-order valence-corrected chi connectivity index (χ2v) is 8.76. The maximum Gasteiger partial charge on any atom is 0.416 e. The third-order valence-electron chi connectivity index (χ3n) is 4.92. The molecule has 0 aliphatic heterocycles. The molecule has 0 atom stereocenters. The van der Waals surface area contributed by atoms with Gasteiger partial charge in [0.2, 0.25) is 11.7 Å². The number of benzene rings is 2. The molecular formula is C24H25ClF3N3O4. The van der Waals surface area contributed by atoms with Crippen LogP contribution in [-0.2, 0) is 28.8 Å². The van der Waals surface area contributed by atoms with Crippen LogP contribution in [0.3, 0.4) is 0 Å². The van der Waals surface area contributed by atoms with Gasteiger partial charge in [0.05, 0.1) is 23.7 Å². The van der Waals surface area contributed by atoms with Crippen LogP contribution in [-0.4, -0.2) is 40.3 Å². The minimum Gasteiger partial charge on any atom is -0.475 e. The second kappa shape index (κ2) is 10.7. The number of carbonyl (C=O) groups is 1. The molecule has 0 aliphatic rings. The molecule has 3 rings (SSSR count). The fourth-order valence-corrected chi connectivity index (χ4v) is 3.43. The van der Waals surface area contributed by atoms with Gasteiger partial charge in [0.15, 0.2) is 5.60 Å². The van der Waals surface area contributed by atoms with Crippen molar-refractivity contribution in [3.05, 3.63) is 64.5 Å². The highest BCUT2D eigenvalue weighted by atomic mass is 35.5. The number of aromatic nitrogens is 2. The standard InChI is InChI=1S/C24H25ClF3N3O4/c1-5-33-22(32)23(2,3)34-19-11-6-15(12-18(19)25)13-31(4)14-20-29-21(30-35-20)16-7-9-17(10-8-16)24(26,27)28/h6-12H,5,13-14H2,1-4H3. The van der Waals surface area contributed by atoms with E-state index in [0.717, 1.165) is 17.7 Å². The zero-order chi connectivity index (χ0) is 25.8. The van der Waals surface area contributed by atoms with Crippen molar-refractivity contribution in [3.8, 4) is 17.1 Å². The molecule has 0 radical (unpaired) electrons. The molecule has 1 aromatic heterocycles. The van der Waals surface area contributed by atoms with E-state index >= 15 is 0 Å². The lowest BCUT2D eigenvalue weighted by Gasteiger charge is -2.25. The fraction of sp³-hybridized carbons (Fsp3) is 0.375. The first-order valence-corrected chi connectivity index (χ1v) is 11.1. The molecule has 7 nitrogen and oxygen atoms in total. The summed E-state index contributed by atoms with van der Waals surface area (Å²) in [5, 5.41) is 4.20. The highest BCUT2D eigenvalue weighted by Crippen LogP contribution is 2.31. The molecule has 188 valence electrons. The smallest absolute Gasteiger partial charge is 0.416 e. The van der Waals surface area contributed by atoms with E-state index in [4.69, 9.17) is 25.6 Å². The van der Waals surface area contributed by atoms with Gasteiger partial charge >= 0.3 is 12.1 Å². The molecule has 0 saturated heterocycles. The molecule has 0 aliphatic carbocycles. The van der Waals surface area contributed by atoms with E-state index in [1.807, 2.05) is 18.0 Å². The average molecular weight is 512 g/mol. The zero-order valence-electron chi connectivity index (χ0n) is 19.6. The molecular weight excluding hydrogens is 487 g/mol. The summed E-state index contributed by atoms with van der Waals surface area (Å²) in [6.45, 7) is 5.96. The normalized spacial score (nSPS) is 12.1. The maximum absolute atomic E-state index is 12.7. The molecule has 0 saturated carbocycles. The Balaban J connectivity index is 1.61. The van der Waals surface area contributed by atoms with Gasteiger partial charge in [-0.1, -0.05) is 35.0 Å². The van der Waals surface area contributed by atoms with E-state index < -0.39 is 23.3 Å². The third kappa shape index (κ3) is 6.95. The number of esters is 1. The quantitative estimate of drug-likeness (QED) is 0.338. The summed E-state index contributed by atoms with van der Waals surface area (Å²) in [6.07, 6.45) is -4.41. The van der Waals surface area contributed by atoms with Crippen molar-refractivity contribution in [3.63, 3.8) is 0 Å². The van der Waals surface area contributed by atoms with E-state index in [1.54, 1.807) is 32.9 Å². The Morgan fingerprint density at radius 2 is 1.80 bits per heavy atom. The molecule has 0 bridgehead atoms. The van der Waals surface area contributed by atoms with Crippen LogP contribution >= 0.6 is 11.6 Å². The van der Waals surface area contributed by atoms with Gasteiger partial charge in [0.1, 0.15) is 5.75 Å². The SMILES string of the molecule is CCOC(=O)C(C)(C)Oc1ccc(CN(C)Cc2nc(-c3ccc(C(F)(F)F)cc3)no2)cc1Cl. The molecule has 0 N–H and O–H groups in total. The first-order valence-electron chi connectivity index (χ1n) is 10.7. The Labute approximate surface area is 205 Å². The van der Waals surface area contributed by atoms with Gasteiger partial charge in [-0.2, -0.15) is 18.2 Å². The Kier molecular flexibility index (Phi) is 8.07. The number of alkyl halides is 3. The first kappa shape index (κ1) is 26.5. The monoisotopic (exact) mass is 511 g/mol. The van der Waals surface area contributed by atoms with Crippen molar-refractivity contribution in [1.82, 2.24) is 15.0 Å². The molecule has 0 amide bonds. The van der Waals surface area contributed by atoms with Crippen molar-refractivity contribution in [2.24, 2.45) is 0 Å². The molecule has 35 heavy (non-hydrogen) atoms. The van der Waals surface area contributed by atoms with Gasteiger partial charge in [0, 0.05) is 12.1 Å². The topological polar surface area (TPSA) is 77.7 Å². The summed E-state index contributed by atoms with van der Waals surface area (Å²) in [4.78, 5) is 18.2. The Morgan fingerprint density at radius 3 is 2.40 bits per heavy atom. The van der Waals surface area contributed by atoms with Gasteiger partial charge in [-0.25, -0.2) is 4.79 Å². The summed E-state index contributed by atoms with van der Waals surface area (Å²) in [7, 11) is 1.84. The molecule has 0 fully saturated rings. The molecule has 0 unspecified atom stereocenters. The van der Waals surface area contributed by atoms with Crippen LogP contribution < -0.4 is 4.74 Å². The summed E-state index contributed by atoms with van der Waals surface area (Å²) in [6, 6.07) is 9.79. The van der Waals surface area contributed by atoms with Crippen molar-refractivity contribution < 1.29 is 32.0 Å². The molecule has 11 heteroatoms. The lowest BCUT2D eigenvalue weighted by Crippen LogP contribution is -2.39. The number of rotatable bonds is 9. The van der Waals surface area contributed by atoms with E-state index in [2.05, 4.69) is 10.1 Å². The van der Waals surface area contributed by atoms with Gasteiger partial charge in [-0.05, 0) is 57.6 Å². The number of hydrogen-bond donors (Lipinski definition) is 0. The largest absolute Gasteiger partial charge is 0.475 e. The lowest BCUT2D eigenvalue weighted by atomic mass is 10.1. The van der Waals surface area contributed by atoms with Crippen LogP contribution in [0.2, 0.25) is 5.02 Å². The molecule has 0 spiro atoms. The highest BCUT2D eigenvalue weighted by Gasteiger charge is 2.32. The number of nitrogens with zero attached hydrogens (tertiary/aromatic N) is 3. The Hall–Kier alpha value is -3.11. The van der Waals surface area contributed by atoms with E-state index in [-0.39, 0.29) is 12.4 Å². The summed E-state index contributed by atoms with van der Waals surface area (Å²) >= 11 is 6.36.